The maximum absolute atomic E-state index is 11.8. The molecule has 1 heterocycles. The summed E-state index contributed by atoms with van der Waals surface area (Å²) >= 11 is 1.68. The average molecular weight is 319 g/mol. The molecule has 0 spiro atoms. The van der Waals surface area contributed by atoms with Crippen molar-refractivity contribution in [3.63, 3.8) is 0 Å². The lowest BCUT2D eigenvalue weighted by atomic mass is 10.2. The minimum Gasteiger partial charge on any atom is -0.454 e. The average Bonchev–Trinajstić information content (AvgIpc) is 2.89. The number of hydrogen-bond acceptors (Lipinski definition) is 5. The normalized spacial score (nSPS) is 13.5. The van der Waals surface area contributed by atoms with Crippen molar-refractivity contribution in [2.45, 2.75) is 19.0 Å². The van der Waals surface area contributed by atoms with Crippen LogP contribution < -0.4 is 20.5 Å². The Morgan fingerprint density at radius 3 is 2.95 bits per heavy atom. The van der Waals surface area contributed by atoms with E-state index >= 15 is 0 Å². The third kappa shape index (κ3) is 4.47. The van der Waals surface area contributed by atoms with Crippen LogP contribution in [-0.2, 0) is 11.3 Å². The standard InChI is InChI=1S/C13H18N2O3S.ClH/c1-19-5-4-10(14)13(16)15-7-9-2-3-11-12(6-9)18-8-17-11;/h2-3,6,10H,4-5,7-8,14H2,1H3,(H,15,16);1H/t10-;/m0./s1. The van der Waals surface area contributed by atoms with Crippen LogP contribution in [-0.4, -0.2) is 30.8 Å². The fourth-order valence-electron chi connectivity index (χ4n) is 1.75. The molecule has 0 aromatic heterocycles. The molecule has 0 saturated carbocycles. The molecule has 0 saturated heterocycles. The van der Waals surface area contributed by atoms with Gasteiger partial charge in [-0.3, -0.25) is 4.79 Å². The molecular weight excluding hydrogens is 300 g/mol. The lowest BCUT2D eigenvalue weighted by Crippen LogP contribution is -2.40. The first-order valence-corrected chi connectivity index (χ1v) is 7.51. The summed E-state index contributed by atoms with van der Waals surface area (Å²) < 4.78 is 10.5. The molecule has 20 heavy (non-hydrogen) atoms. The van der Waals surface area contributed by atoms with Crippen molar-refractivity contribution in [2.75, 3.05) is 18.8 Å². The van der Waals surface area contributed by atoms with Gasteiger partial charge in [0, 0.05) is 6.54 Å². The first-order chi connectivity index (χ1) is 9.20. The van der Waals surface area contributed by atoms with Gasteiger partial charge in [0.05, 0.1) is 6.04 Å². The number of nitrogens with two attached hydrogens (primary N) is 1. The van der Waals surface area contributed by atoms with Gasteiger partial charge in [0.1, 0.15) is 0 Å². The van der Waals surface area contributed by atoms with Gasteiger partial charge in [0.25, 0.3) is 0 Å². The predicted octanol–water partition coefficient (Wildman–Crippen LogP) is 1.53. The number of hydrogen-bond donors (Lipinski definition) is 2. The summed E-state index contributed by atoms with van der Waals surface area (Å²) in [5.41, 5.74) is 6.75. The van der Waals surface area contributed by atoms with Gasteiger partial charge >= 0.3 is 0 Å². The number of amides is 1. The molecule has 1 amide bonds. The second-order valence-electron chi connectivity index (χ2n) is 4.29. The monoisotopic (exact) mass is 318 g/mol. The van der Waals surface area contributed by atoms with Crippen molar-refractivity contribution >= 4 is 30.1 Å². The first kappa shape index (κ1) is 16.9. The Labute approximate surface area is 129 Å². The smallest absolute Gasteiger partial charge is 0.237 e. The van der Waals surface area contributed by atoms with E-state index in [0.29, 0.717) is 13.0 Å². The SMILES string of the molecule is CSCC[C@H](N)C(=O)NCc1ccc2c(c1)OCO2.Cl. The van der Waals surface area contributed by atoms with Gasteiger partial charge in [-0.15, -0.1) is 12.4 Å². The lowest BCUT2D eigenvalue weighted by Gasteiger charge is -2.11. The Morgan fingerprint density at radius 2 is 2.20 bits per heavy atom. The highest BCUT2D eigenvalue weighted by atomic mass is 35.5. The fourth-order valence-corrected chi connectivity index (χ4v) is 2.24. The predicted molar refractivity (Wildman–Crippen MR) is 82.6 cm³/mol. The van der Waals surface area contributed by atoms with Crippen LogP contribution in [0.25, 0.3) is 0 Å². The van der Waals surface area contributed by atoms with Crippen LogP contribution in [0.15, 0.2) is 18.2 Å². The van der Waals surface area contributed by atoms with Crippen LogP contribution in [0.1, 0.15) is 12.0 Å². The largest absolute Gasteiger partial charge is 0.454 e. The molecule has 1 aliphatic heterocycles. The highest BCUT2D eigenvalue weighted by Crippen LogP contribution is 2.32. The molecule has 0 fully saturated rings. The second kappa shape index (κ2) is 8.24. The van der Waals surface area contributed by atoms with Gasteiger partial charge in [-0.25, -0.2) is 0 Å². The molecule has 0 bridgehead atoms. The minimum absolute atomic E-state index is 0. The summed E-state index contributed by atoms with van der Waals surface area (Å²) in [7, 11) is 0. The maximum atomic E-state index is 11.8. The number of fused-ring (bicyclic) bond motifs is 1. The first-order valence-electron chi connectivity index (χ1n) is 6.11. The summed E-state index contributed by atoms with van der Waals surface area (Å²) in [6, 6.07) is 5.18. The second-order valence-corrected chi connectivity index (χ2v) is 5.28. The number of ether oxygens (including phenoxy) is 2. The van der Waals surface area contributed by atoms with Gasteiger partial charge in [-0.1, -0.05) is 6.07 Å². The highest BCUT2D eigenvalue weighted by Gasteiger charge is 2.15. The Morgan fingerprint density at radius 1 is 1.45 bits per heavy atom. The molecule has 0 unspecified atom stereocenters. The topological polar surface area (TPSA) is 73.6 Å². The molecule has 3 N–H and O–H groups in total. The van der Waals surface area contributed by atoms with Crippen molar-refractivity contribution in [3.8, 4) is 11.5 Å². The molecule has 1 aromatic rings. The zero-order valence-electron chi connectivity index (χ0n) is 11.3. The van der Waals surface area contributed by atoms with Crippen molar-refractivity contribution in [1.29, 1.82) is 0 Å². The zero-order chi connectivity index (χ0) is 13.7. The van der Waals surface area contributed by atoms with E-state index in [1.807, 2.05) is 24.5 Å². The van der Waals surface area contributed by atoms with Crippen molar-refractivity contribution in [1.82, 2.24) is 5.32 Å². The number of halogens is 1. The van der Waals surface area contributed by atoms with Gasteiger partial charge in [0.15, 0.2) is 11.5 Å². The molecule has 7 heteroatoms. The fraction of sp³-hybridized carbons (Fsp3) is 0.462. The third-order valence-electron chi connectivity index (χ3n) is 2.87. The van der Waals surface area contributed by atoms with Crippen molar-refractivity contribution < 1.29 is 14.3 Å². The minimum atomic E-state index is -0.443. The molecule has 0 radical (unpaired) electrons. The van der Waals surface area contributed by atoms with E-state index in [2.05, 4.69) is 5.32 Å². The summed E-state index contributed by atoms with van der Waals surface area (Å²) in [5, 5.41) is 2.83. The number of rotatable bonds is 6. The molecule has 1 atom stereocenters. The van der Waals surface area contributed by atoms with Crippen LogP contribution in [0.4, 0.5) is 0 Å². The van der Waals surface area contributed by atoms with Gasteiger partial charge in [-0.05, 0) is 36.1 Å². The van der Waals surface area contributed by atoms with Gasteiger partial charge < -0.3 is 20.5 Å². The summed E-state index contributed by atoms with van der Waals surface area (Å²) in [6.45, 7) is 0.702. The molecular formula is C13H19ClN2O3S. The number of thioether (sulfide) groups is 1. The van der Waals surface area contributed by atoms with E-state index in [4.69, 9.17) is 15.2 Å². The molecule has 2 rings (SSSR count). The van der Waals surface area contributed by atoms with Crippen LogP contribution in [0.3, 0.4) is 0 Å². The van der Waals surface area contributed by atoms with Gasteiger partial charge in [0.2, 0.25) is 12.7 Å². The molecule has 0 aliphatic carbocycles. The van der Waals surface area contributed by atoms with Gasteiger partial charge in [-0.2, -0.15) is 11.8 Å². The molecule has 1 aliphatic rings. The Hall–Kier alpha value is -1.11. The van der Waals surface area contributed by atoms with E-state index in [9.17, 15) is 4.79 Å². The van der Waals surface area contributed by atoms with Crippen LogP contribution in [0, 0.1) is 0 Å². The maximum Gasteiger partial charge on any atom is 0.237 e. The Bertz CT molecular complexity index is 459. The zero-order valence-corrected chi connectivity index (χ0v) is 12.9. The molecule has 1 aromatic carbocycles. The number of nitrogens with one attached hydrogen (secondary N) is 1. The quantitative estimate of drug-likeness (QED) is 0.832. The van der Waals surface area contributed by atoms with E-state index in [-0.39, 0.29) is 25.1 Å². The van der Waals surface area contributed by atoms with E-state index in [1.165, 1.54) is 0 Å². The van der Waals surface area contributed by atoms with Crippen molar-refractivity contribution in [2.24, 2.45) is 5.73 Å². The number of carbonyl (C=O) groups excluding carboxylic acids is 1. The Balaban J connectivity index is 0.00000200. The van der Waals surface area contributed by atoms with E-state index in [0.717, 1.165) is 22.8 Å². The molecule has 112 valence electrons. The number of carbonyl (C=O) groups is 1. The summed E-state index contributed by atoms with van der Waals surface area (Å²) in [4.78, 5) is 11.8. The van der Waals surface area contributed by atoms with Crippen molar-refractivity contribution in [3.05, 3.63) is 23.8 Å². The Kier molecular flexibility index (Phi) is 6.98. The summed E-state index contributed by atoms with van der Waals surface area (Å²) in [5.74, 6) is 2.23. The van der Waals surface area contributed by atoms with Crippen LogP contribution in [0.5, 0.6) is 11.5 Å². The van der Waals surface area contributed by atoms with Crippen LogP contribution >= 0.6 is 24.2 Å². The van der Waals surface area contributed by atoms with Crippen LogP contribution in [0.2, 0.25) is 0 Å². The molecule has 5 nitrogen and oxygen atoms in total. The number of benzene rings is 1. The third-order valence-corrected chi connectivity index (χ3v) is 3.52. The summed E-state index contributed by atoms with van der Waals surface area (Å²) in [6.07, 6.45) is 2.69. The van der Waals surface area contributed by atoms with E-state index < -0.39 is 6.04 Å². The lowest BCUT2D eigenvalue weighted by molar-refractivity contribution is -0.122. The highest BCUT2D eigenvalue weighted by molar-refractivity contribution is 7.98. The van der Waals surface area contributed by atoms with E-state index in [1.54, 1.807) is 11.8 Å².